The van der Waals surface area contributed by atoms with Gasteiger partial charge in [-0.2, -0.15) is 0 Å². The van der Waals surface area contributed by atoms with Crippen LogP contribution in [0, 0.1) is 20.8 Å². The van der Waals surface area contributed by atoms with Gasteiger partial charge in [-0.15, -0.1) is 0 Å². The molecule has 0 N–H and O–H groups in total. The van der Waals surface area contributed by atoms with Crippen molar-refractivity contribution in [1.29, 1.82) is 0 Å². The highest BCUT2D eigenvalue weighted by molar-refractivity contribution is 6.01. The van der Waals surface area contributed by atoms with E-state index in [9.17, 15) is 0 Å². The van der Waals surface area contributed by atoms with Gasteiger partial charge in [-0.25, -0.2) is 4.98 Å². The number of aryl methyl sites for hydroxylation is 3. The zero-order valence-electron chi connectivity index (χ0n) is 13.8. The predicted octanol–water partition coefficient (Wildman–Crippen LogP) is 5.61. The normalized spacial score (nSPS) is 12.3. The Morgan fingerprint density at radius 3 is 2.14 bits per heavy atom. The van der Waals surface area contributed by atoms with Crippen molar-refractivity contribution in [2.75, 3.05) is 0 Å². The molecule has 1 heterocycles. The third-order valence-electron chi connectivity index (χ3n) is 4.20. The summed E-state index contributed by atoms with van der Waals surface area (Å²) in [4.78, 5) is 4.93. The lowest BCUT2D eigenvalue weighted by Gasteiger charge is -2.25. The second kappa shape index (κ2) is 4.56. The Hall–Kier alpha value is -1.89. The van der Waals surface area contributed by atoms with Crippen LogP contribution >= 0.6 is 0 Å². The third kappa shape index (κ3) is 2.21. The Morgan fingerprint density at radius 1 is 0.810 bits per heavy atom. The molecule has 0 atom stereocenters. The first-order chi connectivity index (χ1) is 9.79. The molecule has 21 heavy (non-hydrogen) atoms. The Balaban J connectivity index is 2.67. The number of nitrogens with zero attached hydrogens (tertiary/aromatic N) is 1. The van der Waals surface area contributed by atoms with Gasteiger partial charge in [-0.1, -0.05) is 39.0 Å². The van der Waals surface area contributed by atoms with Crippen molar-refractivity contribution in [3.63, 3.8) is 0 Å². The lowest BCUT2D eigenvalue weighted by atomic mass is 9.80. The first kappa shape index (κ1) is 14.1. The fraction of sp³-hybridized carbons (Fsp3) is 0.350. The minimum atomic E-state index is 0.0889. The minimum Gasteiger partial charge on any atom is -0.248 e. The van der Waals surface area contributed by atoms with Crippen LogP contribution in [0.15, 0.2) is 30.3 Å². The molecule has 0 bridgehead atoms. The highest BCUT2D eigenvalue weighted by Gasteiger charge is 2.23. The van der Waals surface area contributed by atoms with Crippen LogP contribution in [0.3, 0.4) is 0 Å². The number of hydrogen-bond acceptors (Lipinski definition) is 1. The Kier molecular flexibility index (Phi) is 3.05. The maximum absolute atomic E-state index is 4.93. The number of hydrogen-bond donors (Lipinski definition) is 0. The summed E-state index contributed by atoms with van der Waals surface area (Å²) >= 11 is 0. The zero-order valence-corrected chi connectivity index (χ0v) is 13.8. The molecule has 0 radical (unpaired) electrons. The number of fused-ring (bicyclic) bond motifs is 2. The summed E-state index contributed by atoms with van der Waals surface area (Å²) in [6, 6.07) is 10.9. The Bertz CT molecular complexity index is 851. The van der Waals surface area contributed by atoms with E-state index in [4.69, 9.17) is 4.98 Å². The number of pyridine rings is 1. The lowest BCUT2D eigenvalue weighted by molar-refractivity contribution is 0.600. The molecule has 3 rings (SSSR count). The summed E-state index contributed by atoms with van der Waals surface area (Å²) in [6.45, 7) is 13.4. The average molecular weight is 277 g/mol. The van der Waals surface area contributed by atoms with Crippen LogP contribution < -0.4 is 0 Å². The fourth-order valence-electron chi connectivity index (χ4n) is 3.43. The molecule has 0 amide bonds. The van der Waals surface area contributed by atoms with E-state index in [1.54, 1.807) is 0 Å². The van der Waals surface area contributed by atoms with Gasteiger partial charge in [0.05, 0.1) is 11.0 Å². The first-order valence-corrected chi connectivity index (χ1v) is 7.60. The molecule has 0 aliphatic heterocycles. The van der Waals surface area contributed by atoms with Gasteiger partial charge >= 0.3 is 0 Å². The molecule has 3 aromatic rings. The minimum absolute atomic E-state index is 0.0889. The third-order valence-corrected chi connectivity index (χ3v) is 4.20. The summed E-state index contributed by atoms with van der Waals surface area (Å²) in [5, 5.41) is 2.65. The molecule has 0 spiro atoms. The van der Waals surface area contributed by atoms with E-state index in [1.807, 2.05) is 0 Å². The molecule has 0 saturated heterocycles. The van der Waals surface area contributed by atoms with E-state index < -0.39 is 0 Å². The van der Waals surface area contributed by atoms with Crippen LogP contribution in [0.1, 0.15) is 43.0 Å². The zero-order chi connectivity index (χ0) is 15.4. The molecule has 0 unspecified atom stereocenters. The van der Waals surface area contributed by atoms with Crippen molar-refractivity contribution in [3.8, 4) is 0 Å². The molecule has 1 aromatic heterocycles. The van der Waals surface area contributed by atoms with Gasteiger partial charge in [-0.3, -0.25) is 0 Å². The van der Waals surface area contributed by atoms with Gasteiger partial charge in [0.15, 0.2) is 0 Å². The van der Waals surface area contributed by atoms with Gasteiger partial charge in [0.2, 0.25) is 0 Å². The second-order valence-corrected chi connectivity index (χ2v) is 7.18. The van der Waals surface area contributed by atoms with E-state index >= 15 is 0 Å². The molecule has 0 fully saturated rings. The number of benzene rings is 2. The predicted molar refractivity (Wildman–Crippen MR) is 92.2 cm³/mol. The van der Waals surface area contributed by atoms with E-state index in [1.165, 1.54) is 33.0 Å². The Labute approximate surface area is 127 Å². The van der Waals surface area contributed by atoms with Crippen molar-refractivity contribution < 1.29 is 0 Å². The average Bonchev–Trinajstić information content (AvgIpc) is 2.35. The van der Waals surface area contributed by atoms with Crippen molar-refractivity contribution in [1.82, 2.24) is 4.98 Å². The van der Waals surface area contributed by atoms with Crippen molar-refractivity contribution in [3.05, 3.63) is 52.6 Å². The van der Waals surface area contributed by atoms with Gasteiger partial charge in [0, 0.05) is 10.8 Å². The topological polar surface area (TPSA) is 12.9 Å². The molecule has 2 aromatic carbocycles. The van der Waals surface area contributed by atoms with E-state index in [0.29, 0.717) is 0 Å². The highest BCUT2D eigenvalue weighted by atomic mass is 14.7. The molecule has 0 aliphatic carbocycles. The van der Waals surface area contributed by atoms with Crippen LogP contribution in [0.25, 0.3) is 21.8 Å². The molecular formula is C20H23N. The smallest absolute Gasteiger partial charge is 0.0718 e. The summed E-state index contributed by atoms with van der Waals surface area (Å²) in [7, 11) is 0. The molecule has 0 aliphatic rings. The van der Waals surface area contributed by atoms with E-state index in [2.05, 4.69) is 71.9 Å². The summed E-state index contributed by atoms with van der Waals surface area (Å²) < 4.78 is 0. The molecule has 1 nitrogen and oxygen atoms in total. The highest BCUT2D eigenvalue weighted by Crippen LogP contribution is 2.38. The monoisotopic (exact) mass is 277 g/mol. The SMILES string of the molecule is Cc1cc(C)c2c(C(C)(C)C)c3c(C)cccc3nc2c1. The molecule has 108 valence electrons. The summed E-state index contributed by atoms with van der Waals surface area (Å²) in [5.41, 5.74) is 7.66. The maximum Gasteiger partial charge on any atom is 0.0718 e. The molecular weight excluding hydrogens is 254 g/mol. The molecule has 0 saturated carbocycles. The summed E-state index contributed by atoms with van der Waals surface area (Å²) in [6.07, 6.45) is 0. The van der Waals surface area contributed by atoms with Crippen LogP contribution in [-0.4, -0.2) is 4.98 Å². The second-order valence-electron chi connectivity index (χ2n) is 7.18. The summed E-state index contributed by atoms with van der Waals surface area (Å²) in [5.74, 6) is 0. The quantitative estimate of drug-likeness (QED) is 0.487. The van der Waals surface area contributed by atoms with Gasteiger partial charge in [0.1, 0.15) is 0 Å². The first-order valence-electron chi connectivity index (χ1n) is 7.60. The van der Waals surface area contributed by atoms with Gasteiger partial charge in [-0.05, 0) is 60.6 Å². The Morgan fingerprint density at radius 2 is 1.48 bits per heavy atom. The van der Waals surface area contributed by atoms with E-state index in [-0.39, 0.29) is 5.41 Å². The van der Waals surface area contributed by atoms with Crippen LogP contribution in [-0.2, 0) is 5.41 Å². The van der Waals surface area contributed by atoms with Gasteiger partial charge in [0.25, 0.3) is 0 Å². The maximum atomic E-state index is 4.93. The van der Waals surface area contributed by atoms with E-state index in [0.717, 1.165) is 11.0 Å². The molecule has 1 heteroatoms. The number of rotatable bonds is 0. The van der Waals surface area contributed by atoms with Crippen molar-refractivity contribution in [2.24, 2.45) is 0 Å². The number of aromatic nitrogens is 1. The standard InChI is InChI=1S/C20H23N/c1-12-10-14(3)18-16(11-12)21-15-9-7-8-13(2)17(15)19(18)20(4,5)6/h7-11H,1-6H3. The van der Waals surface area contributed by atoms with Crippen molar-refractivity contribution >= 4 is 21.8 Å². The van der Waals surface area contributed by atoms with Crippen LogP contribution in [0.5, 0.6) is 0 Å². The van der Waals surface area contributed by atoms with Crippen LogP contribution in [0.2, 0.25) is 0 Å². The van der Waals surface area contributed by atoms with Gasteiger partial charge < -0.3 is 0 Å². The fourth-order valence-corrected chi connectivity index (χ4v) is 3.43. The largest absolute Gasteiger partial charge is 0.248 e. The van der Waals surface area contributed by atoms with Crippen molar-refractivity contribution in [2.45, 2.75) is 47.0 Å². The lowest BCUT2D eigenvalue weighted by Crippen LogP contribution is -2.14. The van der Waals surface area contributed by atoms with Crippen LogP contribution in [0.4, 0.5) is 0 Å².